The van der Waals surface area contributed by atoms with E-state index in [-0.39, 0.29) is 12.0 Å². The third-order valence-electron chi connectivity index (χ3n) is 4.61. The number of carbonyl (C=O) groups excluding carboxylic acids is 1. The summed E-state index contributed by atoms with van der Waals surface area (Å²) >= 11 is 0. The molecule has 2 aliphatic heterocycles. The summed E-state index contributed by atoms with van der Waals surface area (Å²) in [6.45, 7) is 0.905. The first-order valence-electron chi connectivity index (χ1n) is 6.41. The van der Waals surface area contributed by atoms with E-state index < -0.39 is 0 Å². The topological polar surface area (TPSA) is 32.7 Å². The van der Waals surface area contributed by atoms with Crippen molar-refractivity contribution in [3.05, 3.63) is 12.2 Å². The van der Waals surface area contributed by atoms with Crippen molar-refractivity contribution in [3.8, 4) is 0 Å². The number of piperidine rings is 1. The van der Waals surface area contributed by atoms with Crippen molar-refractivity contribution in [2.75, 3.05) is 6.54 Å². The van der Waals surface area contributed by atoms with Gasteiger partial charge in [-0.3, -0.25) is 9.79 Å². The molecule has 0 spiro atoms. The molecule has 4 atom stereocenters. The lowest BCUT2D eigenvalue weighted by molar-refractivity contribution is -0.134. The van der Waals surface area contributed by atoms with E-state index in [2.05, 4.69) is 12.2 Å². The maximum absolute atomic E-state index is 12.4. The molecule has 84 valence electrons. The number of allylic oxidation sites excluding steroid dienone is 1. The van der Waals surface area contributed by atoms with Crippen LogP contribution in [0.4, 0.5) is 0 Å². The first-order chi connectivity index (χ1) is 7.84. The van der Waals surface area contributed by atoms with Crippen molar-refractivity contribution in [3.63, 3.8) is 0 Å². The molecule has 16 heavy (non-hydrogen) atoms. The van der Waals surface area contributed by atoms with Gasteiger partial charge in [0.1, 0.15) is 5.84 Å². The molecule has 0 unspecified atom stereocenters. The molecule has 3 nitrogen and oxygen atoms in total. The Morgan fingerprint density at radius 1 is 1.25 bits per heavy atom. The van der Waals surface area contributed by atoms with Gasteiger partial charge in [-0.05, 0) is 25.2 Å². The summed E-state index contributed by atoms with van der Waals surface area (Å²) in [6, 6.07) is 0.284. The van der Waals surface area contributed by atoms with Crippen molar-refractivity contribution >= 4 is 11.7 Å². The fourth-order valence-electron chi connectivity index (χ4n) is 3.84. The van der Waals surface area contributed by atoms with Crippen LogP contribution in [0.2, 0.25) is 0 Å². The SMILES string of the molecule is O=C1[C@H]2[C@@H](N=C3CCCCN13)[C@@H]1C=C[C@H]2C1. The molecule has 0 aromatic rings. The second-order valence-corrected chi connectivity index (χ2v) is 5.46. The molecular formula is C13H16N2O. The molecule has 4 aliphatic rings. The largest absolute Gasteiger partial charge is 0.300 e. The molecule has 2 heterocycles. The van der Waals surface area contributed by atoms with Gasteiger partial charge in [-0.1, -0.05) is 12.2 Å². The number of hydrogen-bond acceptors (Lipinski definition) is 2. The van der Waals surface area contributed by atoms with E-state index in [1.165, 1.54) is 6.42 Å². The summed E-state index contributed by atoms with van der Waals surface area (Å²) in [6.07, 6.45) is 9.04. The number of nitrogens with zero attached hydrogens (tertiary/aromatic N) is 2. The minimum absolute atomic E-state index is 0.178. The Hall–Kier alpha value is -1.12. The minimum atomic E-state index is 0.178. The number of fused-ring (bicyclic) bond motifs is 6. The van der Waals surface area contributed by atoms with Gasteiger partial charge < -0.3 is 4.90 Å². The van der Waals surface area contributed by atoms with Crippen molar-refractivity contribution in [1.29, 1.82) is 0 Å². The highest BCUT2D eigenvalue weighted by molar-refractivity contribution is 6.02. The average Bonchev–Trinajstić information content (AvgIpc) is 2.90. The zero-order valence-electron chi connectivity index (χ0n) is 9.30. The maximum Gasteiger partial charge on any atom is 0.233 e. The van der Waals surface area contributed by atoms with Crippen LogP contribution >= 0.6 is 0 Å². The van der Waals surface area contributed by atoms with E-state index in [1.54, 1.807) is 0 Å². The van der Waals surface area contributed by atoms with E-state index in [4.69, 9.17) is 4.99 Å². The zero-order valence-corrected chi connectivity index (χ0v) is 9.30. The van der Waals surface area contributed by atoms with Gasteiger partial charge in [-0.2, -0.15) is 0 Å². The van der Waals surface area contributed by atoms with Gasteiger partial charge in [-0.25, -0.2) is 0 Å². The molecule has 0 N–H and O–H groups in total. The fraction of sp³-hybridized carbons (Fsp3) is 0.692. The highest BCUT2D eigenvalue weighted by atomic mass is 16.2. The molecular weight excluding hydrogens is 200 g/mol. The van der Waals surface area contributed by atoms with Crippen LogP contribution in [0, 0.1) is 17.8 Å². The normalized spacial score (nSPS) is 44.4. The maximum atomic E-state index is 12.4. The predicted octanol–water partition coefficient (Wildman–Crippen LogP) is 1.60. The summed E-state index contributed by atoms with van der Waals surface area (Å²) < 4.78 is 0. The lowest BCUT2D eigenvalue weighted by atomic mass is 9.85. The summed E-state index contributed by atoms with van der Waals surface area (Å²) in [5, 5.41) is 0. The summed E-state index contributed by atoms with van der Waals surface area (Å²) in [5.74, 6) is 2.66. The fourth-order valence-corrected chi connectivity index (χ4v) is 3.84. The Labute approximate surface area is 95.2 Å². The van der Waals surface area contributed by atoms with Crippen LogP contribution in [-0.4, -0.2) is 29.2 Å². The monoisotopic (exact) mass is 216 g/mol. The van der Waals surface area contributed by atoms with E-state index in [0.29, 0.717) is 17.7 Å². The molecule has 0 radical (unpaired) electrons. The van der Waals surface area contributed by atoms with Gasteiger partial charge >= 0.3 is 0 Å². The third-order valence-corrected chi connectivity index (χ3v) is 4.61. The van der Waals surface area contributed by atoms with Crippen LogP contribution < -0.4 is 0 Å². The van der Waals surface area contributed by atoms with Crippen LogP contribution in [0.1, 0.15) is 25.7 Å². The van der Waals surface area contributed by atoms with Crippen LogP contribution in [-0.2, 0) is 4.79 Å². The second-order valence-electron chi connectivity index (χ2n) is 5.46. The van der Waals surface area contributed by atoms with Gasteiger partial charge in [0.05, 0.1) is 12.0 Å². The molecule has 1 saturated carbocycles. The Morgan fingerprint density at radius 2 is 2.12 bits per heavy atom. The molecule has 2 fully saturated rings. The van der Waals surface area contributed by atoms with Gasteiger partial charge in [0, 0.05) is 18.9 Å². The van der Waals surface area contributed by atoms with Crippen molar-refractivity contribution in [2.24, 2.45) is 22.7 Å². The molecule has 0 aromatic carbocycles. The van der Waals surface area contributed by atoms with E-state index in [1.807, 2.05) is 4.90 Å². The Morgan fingerprint density at radius 3 is 3.06 bits per heavy atom. The van der Waals surface area contributed by atoms with Gasteiger partial charge in [0.15, 0.2) is 0 Å². The quantitative estimate of drug-likeness (QED) is 0.566. The van der Waals surface area contributed by atoms with E-state index in [0.717, 1.165) is 31.6 Å². The number of aliphatic imine (C=N–C) groups is 1. The van der Waals surface area contributed by atoms with Crippen molar-refractivity contribution in [1.82, 2.24) is 4.90 Å². The summed E-state index contributed by atoms with van der Waals surface area (Å²) in [5.41, 5.74) is 0. The average molecular weight is 216 g/mol. The molecule has 2 aliphatic carbocycles. The minimum Gasteiger partial charge on any atom is -0.300 e. The Kier molecular flexibility index (Phi) is 1.66. The van der Waals surface area contributed by atoms with Crippen LogP contribution in [0.25, 0.3) is 0 Å². The van der Waals surface area contributed by atoms with E-state index in [9.17, 15) is 4.79 Å². The van der Waals surface area contributed by atoms with Crippen molar-refractivity contribution in [2.45, 2.75) is 31.7 Å². The molecule has 3 heteroatoms. The first kappa shape index (κ1) is 8.97. The molecule has 1 amide bonds. The van der Waals surface area contributed by atoms with Crippen LogP contribution in [0.5, 0.6) is 0 Å². The van der Waals surface area contributed by atoms with Crippen molar-refractivity contribution < 1.29 is 4.79 Å². The Bertz CT molecular complexity index is 412. The number of rotatable bonds is 0. The Balaban J connectivity index is 1.77. The molecule has 0 aromatic heterocycles. The van der Waals surface area contributed by atoms with Gasteiger partial charge in [0.2, 0.25) is 5.91 Å². The summed E-state index contributed by atoms with van der Waals surface area (Å²) in [4.78, 5) is 19.3. The van der Waals surface area contributed by atoms with Crippen LogP contribution in [0.15, 0.2) is 17.1 Å². The lowest BCUT2D eigenvalue weighted by Gasteiger charge is -2.39. The molecule has 2 bridgehead atoms. The highest BCUT2D eigenvalue weighted by Gasteiger charge is 2.52. The number of carbonyl (C=O) groups is 1. The summed E-state index contributed by atoms with van der Waals surface area (Å²) in [7, 11) is 0. The van der Waals surface area contributed by atoms with Crippen LogP contribution in [0.3, 0.4) is 0 Å². The zero-order chi connectivity index (χ0) is 10.7. The van der Waals surface area contributed by atoms with E-state index >= 15 is 0 Å². The smallest absolute Gasteiger partial charge is 0.233 e. The standard InChI is InChI=1S/C13H16N2O/c16-13-11-8-4-5-9(7-8)12(11)14-10-3-1-2-6-15(10)13/h4-5,8-9,11-12H,1-3,6-7H2/t8-,9+,11+,12-/m0/s1. The highest BCUT2D eigenvalue weighted by Crippen LogP contribution is 2.48. The number of amidine groups is 1. The number of amides is 1. The first-order valence-corrected chi connectivity index (χ1v) is 6.41. The molecule has 1 saturated heterocycles. The number of hydrogen-bond donors (Lipinski definition) is 0. The molecule has 4 rings (SSSR count). The van der Waals surface area contributed by atoms with Gasteiger partial charge in [-0.15, -0.1) is 0 Å². The lowest BCUT2D eigenvalue weighted by Crippen LogP contribution is -2.51. The second kappa shape index (κ2) is 2.96. The predicted molar refractivity (Wildman–Crippen MR) is 61.0 cm³/mol. The van der Waals surface area contributed by atoms with Gasteiger partial charge in [0.25, 0.3) is 0 Å². The third kappa shape index (κ3) is 0.989.